The number of hydrogen-bond donors (Lipinski definition) is 3. The van der Waals surface area contributed by atoms with Crippen LogP contribution in [0.25, 0.3) is 0 Å². The van der Waals surface area contributed by atoms with Gasteiger partial charge in [-0.15, -0.1) is 0 Å². The van der Waals surface area contributed by atoms with Gasteiger partial charge in [0.1, 0.15) is 5.75 Å². The number of carbonyl (C=O) groups is 2. The number of alkyl halides is 3. The zero-order valence-electron chi connectivity index (χ0n) is 16.2. The van der Waals surface area contributed by atoms with Crippen LogP contribution in [0.15, 0.2) is 24.3 Å². The number of ether oxygens (including phenoxy) is 1. The Hall–Kier alpha value is -2.29. The molecule has 9 heteroatoms. The minimum atomic E-state index is -5.08. The normalized spacial score (nSPS) is 14.6. The van der Waals surface area contributed by atoms with E-state index in [9.17, 15) is 18.0 Å². The lowest BCUT2D eigenvalue weighted by Gasteiger charge is -2.21. The molecule has 0 radical (unpaired) electrons. The van der Waals surface area contributed by atoms with Crippen molar-refractivity contribution in [3.63, 3.8) is 0 Å². The number of halogens is 3. The van der Waals surface area contributed by atoms with E-state index in [1.54, 1.807) is 0 Å². The minimum Gasteiger partial charge on any atom is -0.493 e. The molecule has 0 amide bonds. The van der Waals surface area contributed by atoms with Gasteiger partial charge < -0.3 is 20.3 Å². The maximum atomic E-state index is 10.6. The molecule has 6 nitrogen and oxygen atoms in total. The van der Waals surface area contributed by atoms with Crippen LogP contribution in [-0.4, -0.2) is 48.0 Å². The Balaban J connectivity index is 0.000000516. The van der Waals surface area contributed by atoms with E-state index in [4.69, 9.17) is 19.7 Å². The Labute approximate surface area is 168 Å². The van der Waals surface area contributed by atoms with Crippen molar-refractivity contribution >= 4 is 11.9 Å². The predicted molar refractivity (Wildman–Crippen MR) is 101 cm³/mol. The Bertz CT molecular complexity index is 614. The zero-order chi connectivity index (χ0) is 21.7. The van der Waals surface area contributed by atoms with Gasteiger partial charge in [0.25, 0.3) is 0 Å². The summed E-state index contributed by atoms with van der Waals surface area (Å²) in [5.41, 5.74) is 1.24. The molecule has 1 aromatic carbocycles. The van der Waals surface area contributed by atoms with Crippen LogP contribution in [0.1, 0.15) is 44.1 Å². The summed E-state index contributed by atoms with van der Waals surface area (Å²) in [5, 5.41) is 18.8. The van der Waals surface area contributed by atoms with Crippen LogP contribution in [0.4, 0.5) is 13.2 Å². The second-order valence-electron chi connectivity index (χ2n) is 6.91. The van der Waals surface area contributed by atoms with E-state index in [-0.39, 0.29) is 6.42 Å². The van der Waals surface area contributed by atoms with E-state index in [1.165, 1.54) is 37.7 Å². The molecule has 0 bridgehead atoms. The summed E-state index contributed by atoms with van der Waals surface area (Å²) in [5.74, 6) is -1.83. The van der Waals surface area contributed by atoms with Gasteiger partial charge >= 0.3 is 18.1 Å². The van der Waals surface area contributed by atoms with Gasteiger partial charge in [-0.1, -0.05) is 31.4 Å². The molecule has 1 aliphatic carbocycles. The Morgan fingerprint density at radius 3 is 2.14 bits per heavy atom. The lowest BCUT2D eigenvalue weighted by atomic mass is 9.90. The van der Waals surface area contributed by atoms with Gasteiger partial charge in [-0.2, -0.15) is 13.2 Å². The van der Waals surface area contributed by atoms with Crippen molar-refractivity contribution in [2.24, 2.45) is 5.92 Å². The summed E-state index contributed by atoms with van der Waals surface area (Å²) < 4.78 is 37.6. The molecule has 1 fully saturated rings. The van der Waals surface area contributed by atoms with E-state index in [0.717, 1.165) is 31.2 Å². The number of hydrogen-bond acceptors (Lipinski definition) is 4. The van der Waals surface area contributed by atoms with Gasteiger partial charge in [0.2, 0.25) is 0 Å². The van der Waals surface area contributed by atoms with Crippen LogP contribution in [0.2, 0.25) is 0 Å². The van der Waals surface area contributed by atoms with Crippen LogP contribution in [-0.2, 0) is 16.0 Å². The lowest BCUT2D eigenvalue weighted by Crippen LogP contribution is -2.21. The largest absolute Gasteiger partial charge is 0.493 e. The Kier molecular flexibility index (Phi) is 11.1. The maximum Gasteiger partial charge on any atom is 0.490 e. The van der Waals surface area contributed by atoms with Crippen molar-refractivity contribution in [3.8, 4) is 5.75 Å². The van der Waals surface area contributed by atoms with Crippen molar-refractivity contribution in [2.45, 2.75) is 51.1 Å². The third kappa shape index (κ3) is 12.0. The third-order valence-electron chi connectivity index (χ3n) is 4.48. The van der Waals surface area contributed by atoms with Crippen LogP contribution < -0.4 is 10.1 Å². The van der Waals surface area contributed by atoms with Crippen molar-refractivity contribution in [1.29, 1.82) is 0 Å². The molecule has 0 saturated heterocycles. The summed E-state index contributed by atoms with van der Waals surface area (Å²) in [6.45, 7) is 2.17. The van der Waals surface area contributed by atoms with E-state index in [0.29, 0.717) is 6.54 Å². The maximum absolute atomic E-state index is 10.6. The van der Waals surface area contributed by atoms with E-state index in [2.05, 4.69) is 17.4 Å². The molecule has 29 heavy (non-hydrogen) atoms. The van der Waals surface area contributed by atoms with Gasteiger partial charge in [-0.3, -0.25) is 4.79 Å². The van der Waals surface area contributed by atoms with Crippen molar-refractivity contribution in [1.82, 2.24) is 5.32 Å². The summed E-state index contributed by atoms with van der Waals surface area (Å²) >= 11 is 0. The number of nitrogens with one attached hydrogen (secondary N) is 1. The Morgan fingerprint density at radius 1 is 1.03 bits per heavy atom. The fraction of sp³-hybridized carbons (Fsp3) is 0.600. The van der Waals surface area contributed by atoms with E-state index in [1.807, 2.05) is 12.1 Å². The molecule has 0 aromatic heterocycles. The first-order valence-corrected chi connectivity index (χ1v) is 9.63. The number of carboxylic acids is 2. The molecule has 0 unspecified atom stereocenters. The van der Waals surface area contributed by atoms with Gasteiger partial charge in [0.15, 0.2) is 0 Å². The fourth-order valence-electron chi connectivity index (χ4n) is 2.87. The third-order valence-corrected chi connectivity index (χ3v) is 4.48. The van der Waals surface area contributed by atoms with Crippen molar-refractivity contribution in [2.75, 3.05) is 19.7 Å². The van der Waals surface area contributed by atoms with Gasteiger partial charge in [-0.25, -0.2) is 4.79 Å². The number of carboxylic acid groups (broad SMARTS) is 2. The fourth-order valence-corrected chi connectivity index (χ4v) is 2.87. The molecule has 0 spiro atoms. The highest BCUT2D eigenvalue weighted by Crippen LogP contribution is 2.24. The quantitative estimate of drug-likeness (QED) is 0.526. The molecule has 164 valence electrons. The Morgan fingerprint density at radius 2 is 1.62 bits per heavy atom. The van der Waals surface area contributed by atoms with Gasteiger partial charge in [-0.05, 0) is 49.4 Å². The molecule has 1 aliphatic rings. The highest BCUT2D eigenvalue weighted by atomic mass is 19.4. The highest BCUT2D eigenvalue weighted by Gasteiger charge is 2.38. The topological polar surface area (TPSA) is 95.9 Å². The van der Waals surface area contributed by atoms with Gasteiger partial charge in [0.05, 0.1) is 13.0 Å². The molecule has 1 saturated carbocycles. The second kappa shape index (κ2) is 13.0. The summed E-state index contributed by atoms with van der Waals surface area (Å²) in [4.78, 5) is 19.3. The predicted octanol–water partition coefficient (Wildman–Crippen LogP) is 3.89. The molecule has 0 heterocycles. The van der Waals surface area contributed by atoms with Crippen LogP contribution >= 0.6 is 0 Å². The second-order valence-corrected chi connectivity index (χ2v) is 6.91. The van der Waals surface area contributed by atoms with E-state index < -0.39 is 18.1 Å². The average molecular weight is 419 g/mol. The van der Waals surface area contributed by atoms with E-state index >= 15 is 0 Å². The average Bonchev–Trinajstić information content (AvgIpc) is 2.67. The molecule has 3 N–H and O–H groups in total. The first-order valence-electron chi connectivity index (χ1n) is 9.63. The monoisotopic (exact) mass is 419 g/mol. The molecular formula is C20H28F3NO5. The molecule has 1 aromatic rings. The SMILES string of the molecule is O=C(O)C(F)(F)F.O=C(O)CCNCCc1ccc(OCC2CCCCC2)cc1. The lowest BCUT2D eigenvalue weighted by molar-refractivity contribution is -0.192. The molecular weight excluding hydrogens is 391 g/mol. The standard InChI is InChI=1S/C18H27NO3.C2HF3O2/c20-18(21)11-13-19-12-10-15-6-8-17(9-7-15)22-14-16-4-2-1-3-5-16;3-2(4,5)1(6)7/h6-9,16,19H,1-5,10-14H2,(H,20,21);(H,6,7). The summed E-state index contributed by atoms with van der Waals surface area (Å²) in [6, 6.07) is 8.26. The van der Waals surface area contributed by atoms with Gasteiger partial charge in [0, 0.05) is 6.54 Å². The van der Waals surface area contributed by atoms with Crippen LogP contribution in [0.5, 0.6) is 5.75 Å². The smallest absolute Gasteiger partial charge is 0.490 e. The van der Waals surface area contributed by atoms with Crippen LogP contribution in [0, 0.1) is 5.92 Å². The molecule has 0 atom stereocenters. The van der Waals surface area contributed by atoms with Crippen molar-refractivity contribution in [3.05, 3.63) is 29.8 Å². The highest BCUT2D eigenvalue weighted by molar-refractivity contribution is 5.73. The number of aliphatic carboxylic acids is 2. The molecule has 0 aliphatic heterocycles. The first-order chi connectivity index (χ1) is 13.7. The minimum absolute atomic E-state index is 0.175. The summed E-state index contributed by atoms with van der Waals surface area (Å²) in [7, 11) is 0. The number of benzene rings is 1. The first kappa shape index (κ1) is 24.7. The van der Waals surface area contributed by atoms with Crippen molar-refractivity contribution < 1.29 is 37.7 Å². The zero-order valence-corrected chi connectivity index (χ0v) is 16.2. The number of rotatable bonds is 9. The molecule has 2 rings (SSSR count). The summed E-state index contributed by atoms with van der Waals surface area (Å²) in [6.07, 6.45) is 2.69. The van der Waals surface area contributed by atoms with Crippen LogP contribution in [0.3, 0.4) is 0 Å².